The quantitative estimate of drug-likeness (QED) is 0.402. The van der Waals surface area contributed by atoms with Gasteiger partial charge in [0.2, 0.25) is 0 Å². The first kappa shape index (κ1) is 26.0. The molecule has 1 saturated heterocycles. The average Bonchev–Trinajstić information content (AvgIpc) is 2.61. The molecule has 9 heteroatoms. The van der Waals surface area contributed by atoms with Crippen LogP contribution in [-0.2, 0) is 34.2 Å². The third-order valence-electron chi connectivity index (χ3n) is 4.16. The molecule has 1 aliphatic heterocycles. The van der Waals surface area contributed by atoms with E-state index < -0.39 is 11.9 Å². The van der Waals surface area contributed by atoms with Gasteiger partial charge in [-0.1, -0.05) is 18.2 Å². The molecule has 1 fully saturated rings. The molecule has 1 aromatic carbocycles. The van der Waals surface area contributed by atoms with Gasteiger partial charge in [0.25, 0.3) is 0 Å². The summed E-state index contributed by atoms with van der Waals surface area (Å²) in [5.74, 6) is -1.17. The van der Waals surface area contributed by atoms with Gasteiger partial charge in [-0.15, -0.1) is 12.7 Å². The van der Waals surface area contributed by atoms with Crippen molar-refractivity contribution in [3.63, 3.8) is 0 Å². The first-order valence-electron chi connectivity index (χ1n) is 8.70. The van der Waals surface area contributed by atoms with Gasteiger partial charge < -0.3 is 37.2 Å². The number of hydrogen-bond donors (Lipinski definition) is 2. The summed E-state index contributed by atoms with van der Waals surface area (Å²) in [6.07, 6.45) is 1.31. The van der Waals surface area contributed by atoms with Crippen LogP contribution < -0.4 is 10.2 Å². The molecule has 28 heavy (non-hydrogen) atoms. The predicted molar refractivity (Wildman–Crippen MR) is 105 cm³/mol. The van der Waals surface area contributed by atoms with E-state index in [2.05, 4.69) is 43.1 Å². The summed E-state index contributed by atoms with van der Waals surface area (Å²) in [5, 5.41) is 14.9. The number of anilines is 1. The van der Waals surface area contributed by atoms with Gasteiger partial charge in [0.1, 0.15) is 0 Å². The van der Waals surface area contributed by atoms with E-state index in [1.54, 1.807) is 12.4 Å². The molecule has 2 amide bonds. The molecular formula is C19H27N4O4Os-3. The van der Waals surface area contributed by atoms with Crippen molar-refractivity contribution < 1.29 is 39.3 Å². The van der Waals surface area contributed by atoms with Crippen LogP contribution >= 0.6 is 0 Å². The molecule has 2 atom stereocenters. The number of nitrogens with one attached hydrogen (secondary N) is 1. The van der Waals surface area contributed by atoms with Crippen LogP contribution in [0.15, 0.2) is 24.3 Å². The van der Waals surface area contributed by atoms with Crippen LogP contribution in [0.2, 0.25) is 0 Å². The van der Waals surface area contributed by atoms with E-state index in [0.717, 1.165) is 24.5 Å². The maximum atomic E-state index is 10.8. The van der Waals surface area contributed by atoms with E-state index in [1.165, 1.54) is 6.41 Å². The molecule has 0 aromatic heterocycles. The van der Waals surface area contributed by atoms with Crippen LogP contribution in [0.25, 0.3) is 5.32 Å². The molecule has 2 N–H and O–H groups in total. The minimum atomic E-state index is -0.760. The van der Waals surface area contributed by atoms with Crippen LogP contribution in [0, 0.1) is 6.92 Å². The van der Waals surface area contributed by atoms with Crippen molar-refractivity contribution in [1.29, 1.82) is 0 Å². The minimum Gasteiger partial charge on any atom is -0.687 e. The Morgan fingerprint density at radius 2 is 1.93 bits per heavy atom. The fraction of sp³-hybridized carbons (Fsp3) is 0.474. The van der Waals surface area contributed by atoms with E-state index in [-0.39, 0.29) is 44.8 Å². The first-order chi connectivity index (χ1) is 12.8. The Balaban J connectivity index is 0.000000786. The standard InChI is InChI=1S/C15H22N3O2.C4H5NO2.Os/c1-11-8-17(10-15(19)20)9-12(2)18(11)14-6-4-5-13(7-14)16-3;1-2-4(7)5-3-6;/h4-7,11-12H,8-10H2,1-3H3,(H,19,20);1-2H2,(H,5,6,7);/q-1;-2;. The molecule has 0 spiro atoms. The van der Waals surface area contributed by atoms with Crippen molar-refractivity contribution in [2.45, 2.75) is 32.4 Å². The molecule has 1 aromatic rings. The zero-order valence-electron chi connectivity index (χ0n) is 16.4. The third-order valence-corrected chi connectivity index (χ3v) is 4.16. The molecule has 1 aliphatic rings. The normalized spacial score (nSPS) is 18.8. The van der Waals surface area contributed by atoms with Crippen molar-refractivity contribution in [2.24, 2.45) is 0 Å². The Bertz CT molecular complexity index is 632. The molecule has 158 valence electrons. The summed E-state index contributed by atoms with van der Waals surface area (Å²) in [6.45, 7) is 9.15. The van der Waals surface area contributed by atoms with Crippen molar-refractivity contribution in [3.05, 3.63) is 36.5 Å². The third kappa shape index (κ3) is 8.36. The first-order valence-corrected chi connectivity index (χ1v) is 8.70. The summed E-state index contributed by atoms with van der Waals surface area (Å²) in [5.41, 5.74) is 2.12. The van der Waals surface area contributed by atoms with Crippen LogP contribution in [-0.4, -0.2) is 67.1 Å². The summed E-state index contributed by atoms with van der Waals surface area (Å²) < 4.78 is 0. The Hall–Kier alpha value is -1.97. The second-order valence-electron chi connectivity index (χ2n) is 6.34. The van der Waals surface area contributed by atoms with E-state index >= 15 is 0 Å². The van der Waals surface area contributed by atoms with Crippen molar-refractivity contribution in [3.8, 4) is 0 Å². The van der Waals surface area contributed by atoms with Gasteiger partial charge in [0.05, 0.1) is 13.0 Å². The maximum Gasteiger partial charge on any atom is 0.317 e. The van der Waals surface area contributed by atoms with Crippen molar-refractivity contribution >= 4 is 29.7 Å². The smallest absolute Gasteiger partial charge is 0.317 e. The van der Waals surface area contributed by atoms with Crippen LogP contribution in [0.4, 0.5) is 11.4 Å². The van der Waals surface area contributed by atoms with Gasteiger partial charge in [0, 0.05) is 56.6 Å². The molecule has 2 rings (SSSR count). The summed E-state index contributed by atoms with van der Waals surface area (Å²) >= 11 is 0. The molecule has 8 nitrogen and oxygen atoms in total. The Kier molecular flexibility index (Phi) is 12.3. The molecule has 2 unspecified atom stereocenters. The second-order valence-corrected chi connectivity index (χ2v) is 6.34. The molecule has 1 heterocycles. The molecular weight excluding hydrogens is 538 g/mol. The number of imide groups is 1. The minimum absolute atomic E-state index is 0. The number of nitrogens with zero attached hydrogens (tertiary/aromatic N) is 3. The topological polar surface area (TPSA) is 104 Å². The van der Waals surface area contributed by atoms with Gasteiger partial charge in [-0.3, -0.25) is 9.69 Å². The Morgan fingerprint density at radius 1 is 1.32 bits per heavy atom. The van der Waals surface area contributed by atoms with Crippen LogP contribution in [0.3, 0.4) is 0 Å². The van der Waals surface area contributed by atoms with Crippen molar-refractivity contribution in [1.82, 2.24) is 10.2 Å². The summed E-state index contributed by atoms with van der Waals surface area (Å²) in [4.78, 5) is 34.5. The largest absolute Gasteiger partial charge is 0.687 e. The summed E-state index contributed by atoms with van der Waals surface area (Å²) in [6, 6.07) is 8.74. The number of carboxylic acids is 1. The monoisotopic (exact) mass is 567 g/mol. The maximum absolute atomic E-state index is 10.8. The number of piperazine rings is 1. The second kappa shape index (κ2) is 13.2. The Labute approximate surface area is 179 Å². The number of amides is 2. The molecule has 0 aliphatic carbocycles. The SMILES string of the molecule is C[N-]c1cccc(N2C(C)CN(CC(=O)O)CC2C)c1.[CH2-]CC(=O)N[C-]=O.[Os]. The zero-order valence-corrected chi connectivity index (χ0v) is 18.9. The van der Waals surface area contributed by atoms with Gasteiger partial charge >= 0.3 is 5.97 Å². The zero-order chi connectivity index (χ0) is 20.4. The fourth-order valence-electron chi connectivity index (χ4n) is 3.17. The fourth-order valence-corrected chi connectivity index (χ4v) is 3.17. The van der Waals surface area contributed by atoms with Crippen molar-refractivity contribution in [2.75, 3.05) is 31.6 Å². The number of carbonyl (C=O) groups is 2. The number of aliphatic carboxylic acids is 1. The predicted octanol–water partition coefficient (Wildman–Crippen LogP) is 1.70. The molecule has 0 saturated carbocycles. The number of carboxylic acid groups (broad SMARTS) is 1. The van der Waals surface area contributed by atoms with Crippen LogP contribution in [0.1, 0.15) is 20.3 Å². The van der Waals surface area contributed by atoms with E-state index in [0.29, 0.717) is 0 Å². The van der Waals surface area contributed by atoms with Gasteiger partial charge in [-0.05, 0) is 19.9 Å². The number of carbonyl (C=O) groups excluding carboxylic acids is 2. The summed E-state index contributed by atoms with van der Waals surface area (Å²) in [7, 11) is 1.79. The number of hydrogen-bond acceptors (Lipinski definition) is 5. The van der Waals surface area contributed by atoms with Gasteiger partial charge in [-0.25, -0.2) is 0 Å². The van der Waals surface area contributed by atoms with E-state index in [9.17, 15) is 14.4 Å². The van der Waals surface area contributed by atoms with E-state index in [1.807, 2.05) is 17.0 Å². The van der Waals surface area contributed by atoms with E-state index in [4.69, 9.17) is 5.11 Å². The number of benzene rings is 1. The van der Waals surface area contributed by atoms with Gasteiger partial charge in [-0.2, -0.15) is 6.42 Å². The molecule has 0 bridgehead atoms. The molecule has 0 radical (unpaired) electrons. The van der Waals surface area contributed by atoms with Crippen LogP contribution in [0.5, 0.6) is 0 Å². The van der Waals surface area contributed by atoms with Gasteiger partial charge in [0.15, 0.2) is 0 Å². The average molecular weight is 566 g/mol. The number of rotatable bonds is 6. The Morgan fingerprint density at radius 3 is 2.36 bits per heavy atom.